The Balaban J connectivity index is 2.25. The van der Waals surface area contributed by atoms with Crippen molar-refractivity contribution in [2.45, 2.75) is 32.7 Å². The van der Waals surface area contributed by atoms with E-state index in [9.17, 15) is 0 Å². The van der Waals surface area contributed by atoms with E-state index < -0.39 is 0 Å². The molecule has 0 saturated heterocycles. The van der Waals surface area contributed by atoms with Crippen LogP contribution in [0.25, 0.3) is 10.9 Å². The lowest BCUT2D eigenvalue weighted by Crippen LogP contribution is -1.99. The Bertz CT molecular complexity index is 445. The second-order valence-electron chi connectivity index (χ2n) is 3.85. The van der Waals surface area contributed by atoms with E-state index in [0.29, 0.717) is 0 Å². The topological polar surface area (TPSA) is 43.8 Å². The van der Waals surface area contributed by atoms with E-state index in [2.05, 4.69) is 18.1 Å². The highest BCUT2D eigenvalue weighted by Crippen LogP contribution is 2.20. The van der Waals surface area contributed by atoms with Crippen molar-refractivity contribution in [3.05, 3.63) is 24.4 Å². The minimum Gasteiger partial charge on any atom is -0.398 e. The molecule has 0 spiro atoms. The number of benzene rings is 1. The molecule has 1 aromatic carbocycles. The summed E-state index contributed by atoms with van der Waals surface area (Å²) < 4.78 is 2.04. The number of rotatable bonds is 4. The highest BCUT2D eigenvalue weighted by atomic mass is 15.3. The van der Waals surface area contributed by atoms with Gasteiger partial charge in [0.2, 0.25) is 0 Å². The predicted octanol–water partition coefficient (Wildman–Crippen LogP) is 2.81. The van der Waals surface area contributed by atoms with Gasteiger partial charge in [-0.25, -0.2) is 0 Å². The van der Waals surface area contributed by atoms with Crippen molar-refractivity contribution in [1.29, 1.82) is 0 Å². The molecule has 0 amide bonds. The first-order valence-corrected chi connectivity index (χ1v) is 5.53. The van der Waals surface area contributed by atoms with Crippen LogP contribution in [0.4, 0.5) is 5.69 Å². The highest BCUT2D eigenvalue weighted by molar-refractivity contribution is 5.90. The first-order valence-electron chi connectivity index (χ1n) is 5.53. The largest absolute Gasteiger partial charge is 0.398 e. The second kappa shape index (κ2) is 4.34. The van der Waals surface area contributed by atoms with Crippen molar-refractivity contribution in [2.75, 3.05) is 5.73 Å². The molecule has 0 aliphatic heterocycles. The van der Waals surface area contributed by atoms with Crippen molar-refractivity contribution in [2.24, 2.45) is 0 Å². The molecule has 3 nitrogen and oxygen atoms in total. The molecule has 2 rings (SSSR count). The SMILES string of the molecule is CCCCCn1ncc2c(N)cccc21. The molecule has 2 aromatic rings. The molecule has 0 aliphatic rings. The fourth-order valence-electron chi connectivity index (χ4n) is 1.82. The van der Waals surface area contributed by atoms with E-state index in [4.69, 9.17) is 5.73 Å². The van der Waals surface area contributed by atoms with Crippen LogP contribution in [-0.2, 0) is 6.54 Å². The lowest BCUT2D eigenvalue weighted by atomic mass is 10.2. The maximum Gasteiger partial charge on any atom is 0.0703 e. The first-order chi connectivity index (χ1) is 7.33. The van der Waals surface area contributed by atoms with Gasteiger partial charge in [0, 0.05) is 17.6 Å². The van der Waals surface area contributed by atoms with E-state index in [1.165, 1.54) is 19.3 Å². The summed E-state index contributed by atoms with van der Waals surface area (Å²) in [6.45, 7) is 3.19. The third-order valence-electron chi connectivity index (χ3n) is 2.69. The van der Waals surface area contributed by atoms with Crippen LogP contribution in [-0.4, -0.2) is 9.78 Å². The Morgan fingerprint density at radius 1 is 1.33 bits per heavy atom. The van der Waals surface area contributed by atoms with Crippen LogP contribution in [0.2, 0.25) is 0 Å². The monoisotopic (exact) mass is 203 g/mol. The molecular formula is C12H17N3. The molecule has 0 saturated carbocycles. The molecule has 0 unspecified atom stereocenters. The number of fused-ring (bicyclic) bond motifs is 1. The molecule has 80 valence electrons. The Labute approximate surface area is 89.9 Å². The van der Waals surface area contributed by atoms with E-state index in [1.54, 1.807) is 0 Å². The van der Waals surface area contributed by atoms with Crippen LogP contribution < -0.4 is 5.73 Å². The summed E-state index contributed by atoms with van der Waals surface area (Å²) in [5.74, 6) is 0. The average molecular weight is 203 g/mol. The summed E-state index contributed by atoms with van der Waals surface area (Å²) in [5, 5.41) is 5.43. The van der Waals surface area contributed by atoms with Gasteiger partial charge in [0.05, 0.1) is 11.7 Å². The zero-order chi connectivity index (χ0) is 10.7. The van der Waals surface area contributed by atoms with Crippen molar-refractivity contribution >= 4 is 16.6 Å². The molecule has 3 heteroatoms. The second-order valence-corrected chi connectivity index (χ2v) is 3.85. The minimum absolute atomic E-state index is 0.814. The summed E-state index contributed by atoms with van der Waals surface area (Å²) in [6, 6.07) is 5.97. The third kappa shape index (κ3) is 1.96. The predicted molar refractivity (Wildman–Crippen MR) is 63.7 cm³/mol. The van der Waals surface area contributed by atoms with Gasteiger partial charge in [-0.3, -0.25) is 4.68 Å². The van der Waals surface area contributed by atoms with Crippen LogP contribution in [0.1, 0.15) is 26.2 Å². The minimum atomic E-state index is 0.814. The fraction of sp³-hybridized carbons (Fsp3) is 0.417. The Morgan fingerprint density at radius 3 is 3.00 bits per heavy atom. The molecule has 0 atom stereocenters. The van der Waals surface area contributed by atoms with Crippen LogP contribution in [0, 0.1) is 0 Å². The van der Waals surface area contributed by atoms with Crippen molar-refractivity contribution in [3.63, 3.8) is 0 Å². The lowest BCUT2D eigenvalue weighted by molar-refractivity contribution is 0.567. The van der Waals surface area contributed by atoms with Crippen molar-refractivity contribution < 1.29 is 0 Å². The van der Waals surface area contributed by atoms with Crippen LogP contribution in [0.5, 0.6) is 0 Å². The molecule has 0 radical (unpaired) electrons. The maximum absolute atomic E-state index is 5.87. The molecule has 1 heterocycles. The smallest absolute Gasteiger partial charge is 0.0703 e. The standard InChI is InChI=1S/C12H17N3/c1-2-3-4-8-15-12-7-5-6-11(13)10(12)9-14-15/h5-7,9H,2-4,8,13H2,1H3. The number of anilines is 1. The number of nitrogens with zero attached hydrogens (tertiary/aromatic N) is 2. The van der Waals surface area contributed by atoms with Crippen molar-refractivity contribution in [1.82, 2.24) is 9.78 Å². The summed E-state index contributed by atoms with van der Waals surface area (Å²) >= 11 is 0. The van der Waals surface area contributed by atoms with Crippen LogP contribution >= 0.6 is 0 Å². The molecule has 0 bridgehead atoms. The molecular weight excluding hydrogens is 186 g/mol. The zero-order valence-electron chi connectivity index (χ0n) is 9.11. The van der Waals surface area contributed by atoms with Crippen LogP contribution in [0.15, 0.2) is 24.4 Å². The van der Waals surface area contributed by atoms with Gasteiger partial charge in [-0.1, -0.05) is 25.8 Å². The lowest BCUT2D eigenvalue weighted by Gasteiger charge is -2.02. The van der Waals surface area contributed by atoms with Crippen LogP contribution in [0.3, 0.4) is 0 Å². The first kappa shape index (κ1) is 10.0. The van der Waals surface area contributed by atoms with Gasteiger partial charge < -0.3 is 5.73 Å². The van der Waals surface area contributed by atoms with Gasteiger partial charge in [-0.2, -0.15) is 5.10 Å². The van der Waals surface area contributed by atoms with E-state index in [0.717, 1.165) is 23.1 Å². The summed E-state index contributed by atoms with van der Waals surface area (Å²) in [5.41, 5.74) is 7.83. The molecule has 0 aliphatic carbocycles. The van der Waals surface area contributed by atoms with Gasteiger partial charge in [0.25, 0.3) is 0 Å². The number of aryl methyl sites for hydroxylation is 1. The summed E-state index contributed by atoms with van der Waals surface area (Å²) in [7, 11) is 0. The third-order valence-corrected chi connectivity index (χ3v) is 2.69. The maximum atomic E-state index is 5.87. The molecule has 1 aromatic heterocycles. The number of hydrogen-bond acceptors (Lipinski definition) is 2. The van der Waals surface area contributed by atoms with Gasteiger partial charge in [-0.05, 0) is 18.6 Å². The van der Waals surface area contributed by atoms with Gasteiger partial charge in [-0.15, -0.1) is 0 Å². The molecule has 0 fully saturated rings. The number of unbranched alkanes of at least 4 members (excludes halogenated alkanes) is 2. The summed E-state index contributed by atoms with van der Waals surface area (Å²) in [4.78, 5) is 0. The van der Waals surface area contributed by atoms with E-state index in [1.807, 2.05) is 23.0 Å². The quantitative estimate of drug-likeness (QED) is 0.613. The zero-order valence-corrected chi connectivity index (χ0v) is 9.11. The molecule has 2 N–H and O–H groups in total. The highest BCUT2D eigenvalue weighted by Gasteiger charge is 2.03. The van der Waals surface area contributed by atoms with Crippen molar-refractivity contribution in [3.8, 4) is 0 Å². The van der Waals surface area contributed by atoms with Gasteiger partial charge >= 0.3 is 0 Å². The normalized spacial score (nSPS) is 11.0. The molecule has 15 heavy (non-hydrogen) atoms. The van der Waals surface area contributed by atoms with Gasteiger partial charge in [0.1, 0.15) is 0 Å². The van der Waals surface area contributed by atoms with E-state index in [-0.39, 0.29) is 0 Å². The summed E-state index contributed by atoms with van der Waals surface area (Å²) in [6.07, 6.45) is 5.53. The number of nitrogen functional groups attached to an aromatic ring is 1. The Kier molecular flexibility index (Phi) is 2.90. The average Bonchev–Trinajstić information content (AvgIpc) is 2.64. The van der Waals surface area contributed by atoms with E-state index >= 15 is 0 Å². The number of aromatic nitrogens is 2. The Hall–Kier alpha value is -1.51. The fourth-order valence-corrected chi connectivity index (χ4v) is 1.82. The Morgan fingerprint density at radius 2 is 2.20 bits per heavy atom. The number of hydrogen-bond donors (Lipinski definition) is 1. The number of nitrogens with two attached hydrogens (primary N) is 1. The van der Waals surface area contributed by atoms with Gasteiger partial charge in [0.15, 0.2) is 0 Å².